The number of fused-ring (bicyclic) bond motifs is 1. The summed E-state index contributed by atoms with van der Waals surface area (Å²) >= 11 is 0. The summed E-state index contributed by atoms with van der Waals surface area (Å²) in [5.74, 6) is 0.380. The molecule has 0 saturated carbocycles. The summed E-state index contributed by atoms with van der Waals surface area (Å²) in [6, 6.07) is 7.93. The van der Waals surface area contributed by atoms with Crippen LogP contribution in [0.4, 0.5) is 4.79 Å². The summed E-state index contributed by atoms with van der Waals surface area (Å²) in [7, 11) is 0. The number of aliphatic hydroxyl groups excluding tert-OH is 1. The summed E-state index contributed by atoms with van der Waals surface area (Å²) < 4.78 is 5.12. The van der Waals surface area contributed by atoms with Crippen LogP contribution in [0.5, 0.6) is 0 Å². The maximum Gasteiger partial charge on any atom is 0.315 e. The largest absolute Gasteiger partial charge is 0.388 e. The molecule has 1 unspecified atom stereocenters. The standard InChI is InChI=1S/C16H22N2O3/c19-15-10-21-9-14(15)18-16(20)17-8-12-6-3-5-11-4-1-2-7-13(11)12/h1-2,4,7,12,14-15,19H,3,5-6,8-10H2,(H2,17,18,20)/t12?,14-,15-/m1/s1. The van der Waals surface area contributed by atoms with Gasteiger partial charge in [-0.25, -0.2) is 4.79 Å². The quantitative estimate of drug-likeness (QED) is 0.782. The first-order valence-electron chi connectivity index (χ1n) is 7.62. The first kappa shape index (κ1) is 14.4. The van der Waals surface area contributed by atoms with Crippen molar-refractivity contribution >= 4 is 6.03 Å². The molecule has 1 fully saturated rings. The molecule has 0 radical (unpaired) electrons. The maximum atomic E-state index is 11.9. The van der Waals surface area contributed by atoms with Gasteiger partial charge < -0.3 is 20.5 Å². The second-order valence-electron chi connectivity index (χ2n) is 5.85. The Hall–Kier alpha value is -1.59. The zero-order valence-corrected chi connectivity index (χ0v) is 12.0. The number of urea groups is 1. The molecule has 3 rings (SSSR count). The highest BCUT2D eigenvalue weighted by Crippen LogP contribution is 2.30. The van der Waals surface area contributed by atoms with E-state index in [0.29, 0.717) is 25.7 Å². The predicted molar refractivity (Wildman–Crippen MR) is 79.3 cm³/mol. The van der Waals surface area contributed by atoms with Crippen LogP contribution in [0, 0.1) is 0 Å². The van der Waals surface area contributed by atoms with Crippen LogP contribution in [0.3, 0.4) is 0 Å². The molecule has 1 aromatic carbocycles. The zero-order chi connectivity index (χ0) is 14.7. The number of carbonyl (C=O) groups is 1. The smallest absolute Gasteiger partial charge is 0.315 e. The molecule has 2 amide bonds. The molecule has 1 saturated heterocycles. The molecule has 21 heavy (non-hydrogen) atoms. The van der Waals surface area contributed by atoms with E-state index in [-0.39, 0.29) is 12.1 Å². The van der Waals surface area contributed by atoms with E-state index in [1.165, 1.54) is 17.5 Å². The van der Waals surface area contributed by atoms with Crippen molar-refractivity contribution in [1.82, 2.24) is 10.6 Å². The summed E-state index contributed by atoms with van der Waals surface area (Å²) in [4.78, 5) is 11.9. The van der Waals surface area contributed by atoms with Gasteiger partial charge in [-0.2, -0.15) is 0 Å². The van der Waals surface area contributed by atoms with Crippen LogP contribution in [-0.4, -0.2) is 43.0 Å². The zero-order valence-electron chi connectivity index (χ0n) is 12.0. The van der Waals surface area contributed by atoms with Gasteiger partial charge in [0.1, 0.15) is 0 Å². The Balaban J connectivity index is 1.52. The number of ether oxygens (including phenoxy) is 1. The SMILES string of the molecule is O=C(NCC1CCCc2ccccc21)N[C@@H]1COC[C@H]1O. The number of aryl methyl sites for hydroxylation is 1. The van der Waals surface area contributed by atoms with E-state index < -0.39 is 6.10 Å². The molecular formula is C16H22N2O3. The third-order valence-corrected chi connectivity index (χ3v) is 4.37. The van der Waals surface area contributed by atoms with Gasteiger partial charge in [-0.15, -0.1) is 0 Å². The third kappa shape index (κ3) is 3.36. The first-order chi connectivity index (χ1) is 10.2. The fraction of sp³-hybridized carbons (Fsp3) is 0.562. The van der Waals surface area contributed by atoms with Gasteiger partial charge in [0, 0.05) is 12.5 Å². The fourth-order valence-corrected chi connectivity index (χ4v) is 3.18. The number of nitrogens with one attached hydrogen (secondary N) is 2. The third-order valence-electron chi connectivity index (χ3n) is 4.37. The van der Waals surface area contributed by atoms with Crippen molar-refractivity contribution in [3.63, 3.8) is 0 Å². The van der Waals surface area contributed by atoms with Gasteiger partial charge in [-0.05, 0) is 30.4 Å². The van der Waals surface area contributed by atoms with Crippen LogP contribution in [-0.2, 0) is 11.2 Å². The summed E-state index contributed by atoms with van der Waals surface area (Å²) in [6.45, 7) is 1.30. The number of hydrogen-bond donors (Lipinski definition) is 3. The summed E-state index contributed by atoms with van der Waals surface area (Å²) in [5.41, 5.74) is 2.75. The number of benzene rings is 1. The van der Waals surface area contributed by atoms with Crippen LogP contribution in [0.2, 0.25) is 0 Å². The highest BCUT2D eigenvalue weighted by atomic mass is 16.5. The monoisotopic (exact) mass is 290 g/mol. The maximum absolute atomic E-state index is 11.9. The van der Waals surface area contributed by atoms with Crippen molar-refractivity contribution in [2.75, 3.05) is 19.8 Å². The van der Waals surface area contributed by atoms with Crippen LogP contribution in [0.1, 0.15) is 29.9 Å². The second-order valence-corrected chi connectivity index (χ2v) is 5.85. The lowest BCUT2D eigenvalue weighted by molar-refractivity contribution is 0.122. The summed E-state index contributed by atoms with van der Waals surface area (Å²) in [6.07, 6.45) is 2.79. The van der Waals surface area contributed by atoms with Crippen molar-refractivity contribution in [3.05, 3.63) is 35.4 Å². The lowest BCUT2D eigenvalue weighted by Gasteiger charge is -2.26. The number of hydrogen-bond acceptors (Lipinski definition) is 3. The van der Waals surface area contributed by atoms with Crippen LogP contribution < -0.4 is 10.6 Å². The van der Waals surface area contributed by atoms with Gasteiger partial charge in [0.15, 0.2) is 0 Å². The van der Waals surface area contributed by atoms with E-state index in [4.69, 9.17) is 4.74 Å². The number of aliphatic hydroxyl groups is 1. The van der Waals surface area contributed by atoms with Crippen molar-refractivity contribution in [3.8, 4) is 0 Å². The molecule has 2 aliphatic rings. The Kier molecular flexibility index (Phi) is 4.41. The van der Waals surface area contributed by atoms with Crippen molar-refractivity contribution in [1.29, 1.82) is 0 Å². The highest BCUT2D eigenvalue weighted by Gasteiger charge is 2.28. The normalized spacial score (nSPS) is 28.0. The minimum atomic E-state index is -0.605. The van der Waals surface area contributed by atoms with E-state index >= 15 is 0 Å². The molecule has 1 aliphatic carbocycles. The summed E-state index contributed by atoms with van der Waals surface area (Å²) in [5, 5.41) is 15.3. The average molecular weight is 290 g/mol. The molecule has 3 atom stereocenters. The molecule has 3 N–H and O–H groups in total. The Morgan fingerprint density at radius 3 is 3.00 bits per heavy atom. The van der Waals surface area contributed by atoms with Gasteiger partial charge in [-0.3, -0.25) is 0 Å². The molecule has 5 heteroatoms. The second kappa shape index (κ2) is 6.45. The molecule has 1 heterocycles. The molecule has 1 aliphatic heterocycles. The van der Waals surface area contributed by atoms with Gasteiger partial charge in [-0.1, -0.05) is 24.3 Å². The molecule has 114 valence electrons. The minimum Gasteiger partial charge on any atom is -0.388 e. The topological polar surface area (TPSA) is 70.6 Å². The van der Waals surface area contributed by atoms with Crippen LogP contribution in [0.15, 0.2) is 24.3 Å². The van der Waals surface area contributed by atoms with E-state index in [2.05, 4.69) is 34.9 Å². The molecular weight excluding hydrogens is 268 g/mol. The first-order valence-corrected chi connectivity index (χ1v) is 7.62. The van der Waals surface area contributed by atoms with Gasteiger partial charge in [0.05, 0.1) is 25.4 Å². The Bertz CT molecular complexity index is 506. The lowest BCUT2D eigenvalue weighted by atomic mass is 9.83. The van der Waals surface area contributed by atoms with Gasteiger partial charge >= 0.3 is 6.03 Å². The lowest BCUT2D eigenvalue weighted by Crippen LogP contribution is -2.48. The molecule has 5 nitrogen and oxygen atoms in total. The molecule has 0 bridgehead atoms. The Morgan fingerprint density at radius 2 is 2.19 bits per heavy atom. The van der Waals surface area contributed by atoms with Gasteiger partial charge in [0.25, 0.3) is 0 Å². The van der Waals surface area contributed by atoms with Crippen molar-refractivity contribution in [2.45, 2.75) is 37.3 Å². The predicted octanol–water partition coefficient (Wildman–Crippen LogP) is 1.17. The molecule has 0 aromatic heterocycles. The van der Waals surface area contributed by atoms with E-state index in [0.717, 1.165) is 12.8 Å². The number of rotatable bonds is 3. The van der Waals surface area contributed by atoms with E-state index in [1.54, 1.807) is 0 Å². The molecule has 1 aromatic rings. The minimum absolute atomic E-state index is 0.229. The van der Waals surface area contributed by atoms with E-state index in [1.807, 2.05) is 0 Å². The average Bonchev–Trinajstić information content (AvgIpc) is 2.90. The van der Waals surface area contributed by atoms with Crippen LogP contribution in [0.25, 0.3) is 0 Å². The fourth-order valence-electron chi connectivity index (χ4n) is 3.18. The van der Waals surface area contributed by atoms with Gasteiger partial charge in [0.2, 0.25) is 0 Å². The number of amides is 2. The van der Waals surface area contributed by atoms with Crippen LogP contribution >= 0.6 is 0 Å². The highest BCUT2D eigenvalue weighted by molar-refractivity contribution is 5.74. The Morgan fingerprint density at radius 1 is 1.33 bits per heavy atom. The van der Waals surface area contributed by atoms with E-state index in [9.17, 15) is 9.90 Å². The Labute approximate surface area is 124 Å². The van der Waals surface area contributed by atoms with Crippen molar-refractivity contribution < 1.29 is 14.6 Å². The molecule has 0 spiro atoms. The number of carbonyl (C=O) groups excluding carboxylic acids is 1. The van der Waals surface area contributed by atoms with Crippen molar-refractivity contribution in [2.24, 2.45) is 0 Å².